The van der Waals surface area contributed by atoms with Gasteiger partial charge in [-0.25, -0.2) is 13.6 Å². The quantitative estimate of drug-likeness (QED) is 0.601. The molecule has 0 aliphatic heterocycles. The lowest BCUT2D eigenvalue weighted by Gasteiger charge is -2.28. The van der Waals surface area contributed by atoms with Crippen LogP contribution in [0, 0.1) is 11.8 Å². The van der Waals surface area contributed by atoms with Crippen molar-refractivity contribution in [2.24, 2.45) is 17.0 Å². The molecule has 0 aromatic heterocycles. The summed E-state index contributed by atoms with van der Waals surface area (Å²) >= 11 is 0. The predicted octanol–water partition coefficient (Wildman–Crippen LogP) is 0.934. The van der Waals surface area contributed by atoms with Gasteiger partial charge in [-0.3, -0.25) is 4.79 Å². The minimum atomic E-state index is -3.86. The minimum Gasteiger partial charge on any atom is -0.469 e. The Morgan fingerprint density at radius 2 is 2.35 bits per heavy atom. The fourth-order valence-corrected chi connectivity index (χ4v) is 3.16. The van der Waals surface area contributed by atoms with E-state index in [4.69, 9.17) is 5.14 Å². The highest BCUT2D eigenvalue weighted by Crippen LogP contribution is 2.35. The second kappa shape index (κ2) is 5.46. The zero-order valence-corrected chi connectivity index (χ0v) is 10.6. The summed E-state index contributed by atoms with van der Waals surface area (Å²) in [6.45, 7) is 3.61. The smallest absolute Gasteiger partial charge is 0.314 e. The van der Waals surface area contributed by atoms with Crippen molar-refractivity contribution in [1.82, 2.24) is 0 Å². The van der Waals surface area contributed by atoms with E-state index < -0.39 is 21.9 Å². The molecule has 0 heterocycles. The van der Waals surface area contributed by atoms with Crippen LogP contribution in [-0.4, -0.2) is 21.5 Å². The number of carbonyl (C=O) groups is 1. The van der Waals surface area contributed by atoms with Gasteiger partial charge in [0, 0.05) is 0 Å². The Bertz CT molecular complexity index is 438. The van der Waals surface area contributed by atoms with E-state index in [0.29, 0.717) is 12.8 Å². The first kappa shape index (κ1) is 13.9. The first-order valence-electron chi connectivity index (χ1n) is 5.33. The van der Waals surface area contributed by atoms with Crippen molar-refractivity contribution in [3.8, 4) is 0 Å². The highest BCUT2D eigenvalue weighted by Gasteiger charge is 2.38. The van der Waals surface area contributed by atoms with Crippen LogP contribution < -0.4 is 5.14 Å². The van der Waals surface area contributed by atoms with Crippen molar-refractivity contribution in [1.29, 1.82) is 0 Å². The summed E-state index contributed by atoms with van der Waals surface area (Å²) in [6, 6.07) is 0. The van der Waals surface area contributed by atoms with E-state index in [1.54, 1.807) is 6.08 Å². The molecule has 96 valence electrons. The van der Waals surface area contributed by atoms with Crippen LogP contribution in [-0.2, 0) is 19.6 Å². The van der Waals surface area contributed by atoms with Gasteiger partial charge in [0.2, 0.25) is 10.0 Å². The topological polar surface area (TPSA) is 86.5 Å². The lowest BCUT2D eigenvalue weighted by atomic mass is 9.81. The molecule has 0 saturated carbocycles. The molecular formula is C11H17NO4S. The second-order valence-corrected chi connectivity index (χ2v) is 5.58. The Labute approximate surface area is 101 Å². The number of carbonyl (C=O) groups excluding carboxylic acids is 1. The molecule has 0 saturated heterocycles. The molecule has 2 unspecified atom stereocenters. The number of hydrogen-bond acceptors (Lipinski definition) is 4. The van der Waals surface area contributed by atoms with Crippen LogP contribution in [0.3, 0.4) is 0 Å². The van der Waals surface area contributed by atoms with Crippen LogP contribution in [0.5, 0.6) is 0 Å². The Kier molecular flexibility index (Phi) is 4.47. The molecule has 0 aromatic rings. The summed E-state index contributed by atoms with van der Waals surface area (Å²) in [7, 11) is -2.62. The number of nitrogens with two attached hydrogens (primary N) is 1. The van der Waals surface area contributed by atoms with Crippen LogP contribution in [0.4, 0.5) is 0 Å². The molecule has 5 nitrogen and oxygen atoms in total. The molecule has 0 spiro atoms. The predicted molar refractivity (Wildman–Crippen MR) is 64.2 cm³/mol. The molecule has 0 amide bonds. The number of primary sulfonamides is 1. The van der Waals surface area contributed by atoms with Gasteiger partial charge in [0.05, 0.1) is 17.9 Å². The summed E-state index contributed by atoms with van der Waals surface area (Å²) < 4.78 is 27.5. The summed E-state index contributed by atoms with van der Waals surface area (Å²) in [5, 5.41) is 5.12. The van der Waals surface area contributed by atoms with Crippen LogP contribution >= 0.6 is 0 Å². The van der Waals surface area contributed by atoms with E-state index in [2.05, 4.69) is 11.3 Å². The van der Waals surface area contributed by atoms with Crippen molar-refractivity contribution >= 4 is 16.0 Å². The number of methoxy groups -OCH3 is 1. The average Bonchev–Trinajstić information content (AvgIpc) is 2.27. The highest BCUT2D eigenvalue weighted by atomic mass is 32.2. The Morgan fingerprint density at radius 3 is 2.82 bits per heavy atom. The zero-order chi connectivity index (χ0) is 13.1. The largest absolute Gasteiger partial charge is 0.469 e. The van der Waals surface area contributed by atoms with Gasteiger partial charge in [-0.15, -0.1) is 6.58 Å². The first-order valence-corrected chi connectivity index (χ1v) is 6.88. The van der Waals surface area contributed by atoms with Crippen LogP contribution in [0.2, 0.25) is 0 Å². The normalized spacial score (nSPS) is 24.9. The van der Waals surface area contributed by atoms with Crippen molar-refractivity contribution in [2.45, 2.75) is 19.3 Å². The lowest BCUT2D eigenvalue weighted by Crippen LogP contribution is -2.34. The molecule has 2 N–H and O–H groups in total. The summed E-state index contributed by atoms with van der Waals surface area (Å²) in [4.78, 5) is 11.7. The molecule has 17 heavy (non-hydrogen) atoms. The molecule has 6 heteroatoms. The number of hydrogen-bond donors (Lipinski definition) is 1. The third-order valence-corrected chi connectivity index (χ3v) is 3.99. The van der Waals surface area contributed by atoms with Gasteiger partial charge in [0.25, 0.3) is 0 Å². The maximum absolute atomic E-state index is 11.7. The van der Waals surface area contributed by atoms with Crippen LogP contribution in [0.1, 0.15) is 19.3 Å². The zero-order valence-electron chi connectivity index (χ0n) is 9.76. The van der Waals surface area contributed by atoms with E-state index in [1.807, 2.05) is 0 Å². The molecule has 0 radical (unpaired) electrons. The fraction of sp³-hybridized carbons (Fsp3) is 0.545. The van der Waals surface area contributed by atoms with Gasteiger partial charge < -0.3 is 4.74 Å². The van der Waals surface area contributed by atoms with Crippen LogP contribution in [0.15, 0.2) is 23.6 Å². The average molecular weight is 259 g/mol. The summed E-state index contributed by atoms with van der Waals surface area (Å²) in [5.74, 6) is -1.48. The molecule has 0 bridgehead atoms. The molecular weight excluding hydrogens is 242 g/mol. The third kappa shape index (κ3) is 3.17. The van der Waals surface area contributed by atoms with Gasteiger partial charge in [0.1, 0.15) is 0 Å². The summed E-state index contributed by atoms with van der Waals surface area (Å²) in [6.07, 6.45) is 5.07. The molecule has 1 rings (SSSR count). The molecule has 0 fully saturated rings. The number of allylic oxidation sites excluding steroid dienone is 2. The monoisotopic (exact) mass is 259 g/mol. The maximum atomic E-state index is 11.7. The van der Waals surface area contributed by atoms with E-state index in [0.717, 1.165) is 6.42 Å². The van der Waals surface area contributed by atoms with Crippen LogP contribution in [0.25, 0.3) is 0 Å². The Hall–Kier alpha value is -1.14. The van der Waals surface area contributed by atoms with Crippen molar-refractivity contribution < 1.29 is 17.9 Å². The maximum Gasteiger partial charge on any atom is 0.314 e. The van der Waals surface area contributed by atoms with Gasteiger partial charge in [0.15, 0.2) is 0 Å². The SMILES string of the molecule is C=CCC1CCC=C(S(N)(=O)=O)C1C(=O)OC. The molecule has 1 aliphatic rings. The van der Waals surface area contributed by atoms with Gasteiger partial charge >= 0.3 is 5.97 Å². The second-order valence-electron chi connectivity index (χ2n) is 4.01. The molecule has 0 aromatic carbocycles. The van der Waals surface area contributed by atoms with E-state index in [1.165, 1.54) is 13.2 Å². The van der Waals surface area contributed by atoms with Crippen molar-refractivity contribution in [2.75, 3.05) is 7.11 Å². The molecule has 1 aliphatic carbocycles. The van der Waals surface area contributed by atoms with E-state index >= 15 is 0 Å². The van der Waals surface area contributed by atoms with Gasteiger partial charge in [-0.1, -0.05) is 12.2 Å². The van der Waals surface area contributed by atoms with Crippen molar-refractivity contribution in [3.05, 3.63) is 23.6 Å². The minimum absolute atomic E-state index is 0.0255. The Balaban J connectivity index is 3.14. The summed E-state index contributed by atoms with van der Waals surface area (Å²) in [5.41, 5.74) is 0. The number of sulfonamides is 1. The molecule has 2 atom stereocenters. The first-order chi connectivity index (χ1) is 7.91. The van der Waals surface area contributed by atoms with E-state index in [9.17, 15) is 13.2 Å². The number of ether oxygens (including phenoxy) is 1. The van der Waals surface area contributed by atoms with Gasteiger partial charge in [-0.2, -0.15) is 0 Å². The highest BCUT2D eigenvalue weighted by molar-refractivity contribution is 7.93. The lowest BCUT2D eigenvalue weighted by molar-refractivity contribution is -0.145. The van der Waals surface area contributed by atoms with Crippen molar-refractivity contribution in [3.63, 3.8) is 0 Å². The number of esters is 1. The fourth-order valence-electron chi connectivity index (χ4n) is 2.16. The van der Waals surface area contributed by atoms with E-state index in [-0.39, 0.29) is 10.8 Å². The third-order valence-electron chi connectivity index (χ3n) is 2.91. The number of rotatable bonds is 4. The Morgan fingerprint density at radius 1 is 1.71 bits per heavy atom. The van der Waals surface area contributed by atoms with Gasteiger partial charge in [-0.05, 0) is 25.2 Å². The standard InChI is InChI=1S/C11H17NO4S/c1-3-5-8-6-4-7-9(17(12,14)15)10(8)11(13)16-2/h3,7-8,10H,1,4-6H2,2H3,(H2,12,14,15).